The number of nitrogens with zero attached hydrogens (tertiary/aromatic N) is 4. The molecule has 1 saturated heterocycles. The van der Waals surface area contributed by atoms with Crippen LogP contribution in [0.3, 0.4) is 0 Å². The van der Waals surface area contributed by atoms with E-state index in [0.717, 1.165) is 6.07 Å². The van der Waals surface area contributed by atoms with E-state index in [-0.39, 0.29) is 23.0 Å². The second-order valence-electron chi connectivity index (χ2n) is 7.48. The highest BCUT2D eigenvalue weighted by molar-refractivity contribution is 7.89. The Morgan fingerprint density at radius 1 is 1.15 bits per heavy atom. The van der Waals surface area contributed by atoms with Gasteiger partial charge in [0.05, 0.1) is 30.0 Å². The van der Waals surface area contributed by atoms with Gasteiger partial charge in [-0.25, -0.2) is 8.42 Å². The standard InChI is InChI=1S/C21H22N4O7S/c1-30-18-9-8-14(11-19(18)31-2)20-22-21(32-23-20)15-5-4-10-24(13-15)33(28,29)17-7-3-6-16(12-17)25(26)27/h3,6-9,11-12,15H,4-5,10,13H2,1-2H3/t15-/m1/s1. The van der Waals surface area contributed by atoms with Crippen LogP contribution in [-0.2, 0) is 10.0 Å². The van der Waals surface area contributed by atoms with Crippen molar-refractivity contribution in [3.8, 4) is 22.9 Å². The Labute approximate surface area is 190 Å². The number of methoxy groups -OCH3 is 2. The highest BCUT2D eigenvalue weighted by Gasteiger charge is 2.34. The third-order valence-corrected chi connectivity index (χ3v) is 7.34. The number of rotatable bonds is 7. The fourth-order valence-corrected chi connectivity index (χ4v) is 5.33. The van der Waals surface area contributed by atoms with Crippen molar-refractivity contribution in [3.05, 3.63) is 58.5 Å². The summed E-state index contributed by atoms with van der Waals surface area (Å²) >= 11 is 0. The van der Waals surface area contributed by atoms with Gasteiger partial charge in [-0.2, -0.15) is 9.29 Å². The van der Waals surface area contributed by atoms with Crippen molar-refractivity contribution < 1.29 is 27.3 Å². The first kappa shape index (κ1) is 22.7. The molecule has 0 aliphatic carbocycles. The van der Waals surface area contributed by atoms with Crippen molar-refractivity contribution in [2.24, 2.45) is 0 Å². The van der Waals surface area contributed by atoms with Crippen molar-refractivity contribution in [3.63, 3.8) is 0 Å². The monoisotopic (exact) mass is 474 g/mol. The van der Waals surface area contributed by atoms with Crippen molar-refractivity contribution in [1.82, 2.24) is 14.4 Å². The normalized spacial score (nSPS) is 17.0. The highest BCUT2D eigenvalue weighted by Crippen LogP contribution is 2.34. The lowest BCUT2D eigenvalue weighted by Gasteiger charge is -2.30. The molecule has 0 spiro atoms. The van der Waals surface area contributed by atoms with E-state index in [9.17, 15) is 18.5 Å². The lowest BCUT2D eigenvalue weighted by Crippen LogP contribution is -2.39. The highest BCUT2D eigenvalue weighted by atomic mass is 32.2. The van der Waals surface area contributed by atoms with Crippen LogP contribution in [0.4, 0.5) is 5.69 Å². The molecule has 2 aromatic carbocycles. The average Bonchev–Trinajstić information content (AvgIpc) is 3.34. The van der Waals surface area contributed by atoms with E-state index in [1.165, 1.54) is 29.6 Å². The van der Waals surface area contributed by atoms with Gasteiger partial charge in [0.25, 0.3) is 5.69 Å². The average molecular weight is 474 g/mol. The van der Waals surface area contributed by atoms with Gasteiger partial charge in [-0.3, -0.25) is 10.1 Å². The molecule has 1 aliphatic heterocycles. The van der Waals surface area contributed by atoms with Crippen LogP contribution in [0.1, 0.15) is 24.7 Å². The number of nitro groups is 1. The molecule has 1 fully saturated rings. The molecule has 0 unspecified atom stereocenters. The molecule has 174 valence electrons. The van der Waals surface area contributed by atoms with Crippen molar-refractivity contribution in [2.45, 2.75) is 23.7 Å². The van der Waals surface area contributed by atoms with Crippen LogP contribution in [0.2, 0.25) is 0 Å². The van der Waals surface area contributed by atoms with E-state index in [0.29, 0.717) is 48.2 Å². The lowest BCUT2D eigenvalue weighted by atomic mass is 10.00. The molecule has 2 heterocycles. The van der Waals surface area contributed by atoms with Gasteiger partial charge in [-0.05, 0) is 37.1 Å². The minimum Gasteiger partial charge on any atom is -0.493 e. The minimum atomic E-state index is -3.91. The molecule has 0 saturated carbocycles. The minimum absolute atomic E-state index is 0.117. The first-order valence-electron chi connectivity index (χ1n) is 10.1. The number of ether oxygens (including phenoxy) is 2. The quantitative estimate of drug-likeness (QED) is 0.373. The first-order valence-corrected chi connectivity index (χ1v) is 11.6. The summed E-state index contributed by atoms with van der Waals surface area (Å²) in [5.74, 6) is 1.48. The maximum absolute atomic E-state index is 13.1. The lowest BCUT2D eigenvalue weighted by molar-refractivity contribution is -0.385. The van der Waals surface area contributed by atoms with Crippen LogP contribution in [0, 0.1) is 10.1 Å². The van der Waals surface area contributed by atoms with E-state index in [1.807, 2.05) is 0 Å². The molecule has 3 aromatic rings. The fourth-order valence-electron chi connectivity index (χ4n) is 3.76. The maximum atomic E-state index is 13.1. The Kier molecular flexibility index (Phi) is 6.29. The zero-order chi connectivity index (χ0) is 23.6. The van der Waals surface area contributed by atoms with E-state index < -0.39 is 14.9 Å². The number of sulfonamides is 1. The first-order chi connectivity index (χ1) is 15.8. The SMILES string of the molecule is COc1ccc(-c2noc([C@@H]3CCCN(S(=O)(=O)c4cccc([N+](=O)[O-])c4)C3)n2)cc1OC. The molecule has 1 aromatic heterocycles. The molecular formula is C21H22N4O7S. The van der Waals surface area contributed by atoms with Crippen LogP contribution < -0.4 is 9.47 Å². The van der Waals surface area contributed by atoms with Gasteiger partial charge in [0.15, 0.2) is 11.5 Å². The number of hydrogen-bond donors (Lipinski definition) is 0. The van der Waals surface area contributed by atoms with Crippen molar-refractivity contribution in [1.29, 1.82) is 0 Å². The summed E-state index contributed by atoms with van der Waals surface area (Å²) in [6, 6.07) is 10.3. The summed E-state index contributed by atoms with van der Waals surface area (Å²) in [6.45, 7) is 0.441. The van der Waals surface area contributed by atoms with E-state index in [2.05, 4.69) is 10.1 Å². The second-order valence-corrected chi connectivity index (χ2v) is 9.42. The number of piperidine rings is 1. The summed E-state index contributed by atoms with van der Waals surface area (Å²) in [4.78, 5) is 14.8. The Morgan fingerprint density at radius 2 is 1.94 bits per heavy atom. The summed E-state index contributed by atoms with van der Waals surface area (Å²) in [5, 5.41) is 15.1. The molecule has 0 radical (unpaired) electrons. The van der Waals surface area contributed by atoms with Gasteiger partial charge in [-0.1, -0.05) is 11.2 Å². The molecule has 0 bridgehead atoms. The zero-order valence-corrected chi connectivity index (χ0v) is 18.8. The summed E-state index contributed by atoms with van der Waals surface area (Å²) in [5.41, 5.74) is 0.389. The molecule has 12 heteroatoms. The molecule has 11 nitrogen and oxygen atoms in total. The molecular weight excluding hydrogens is 452 g/mol. The van der Waals surface area contributed by atoms with Crippen molar-refractivity contribution >= 4 is 15.7 Å². The van der Waals surface area contributed by atoms with E-state index in [1.54, 1.807) is 25.3 Å². The van der Waals surface area contributed by atoms with Crippen LogP contribution in [0.25, 0.3) is 11.4 Å². The van der Waals surface area contributed by atoms with E-state index >= 15 is 0 Å². The Morgan fingerprint density at radius 3 is 2.67 bits per heavy atom. The van der Waals surface area contributed by atoms with Gasteiger partial charge in [0, 0.05) is 30.8 Å². The van der Waals surface area contributed by atoms with Gasteiger partial charge in [0.1, 0.15) is 0 Å². The Bertz CT molecular complexity index is 1280. The number of benzene rings is 2. The van der Waals surface area contributed by atoms with Crippen molar-refractivity contribution in [2.75, 3.05) is 27.3 Å². The fraction of sp³-hybridized carbons (Fsp3) is 0.333. The predicted molar refractivity (Wildman–Crippen MR) is 117 cm³/mol. The van der Waals surface area contributed by atoms with E-state index in [4.69, 9.17) is 14.0 Å². The van der Waals surface area contributed by atoms with Crippen LogP contribution in [0.5, 0.6) is 11.5 Å². The smallest absolute Gasteiger partial charge is 0.270 e. The third kappa shape index (κ3) is 4.52. The van der Waals surface area contributed by atoms with Crippen LogP contribution >= 0.6 is 0 Å². The number of aromatic nitrogens is 2. The molecule has 1 atom stereocenters. The molecule has 0 amide bonds. The molecule has 33 heavy (non-hydrogen) atoms. The topological polar surface area (TPSA) is 138 Å². The predicted octanol–water partition coefficient (Wildman–Crippen LogP) is 3.23. The van der Waals surface area contributed by atoms with Gasteiger partial charge >= 0.3 is 0 Å². The Hall–Kier alpha value is -3.51. The maximum Gasteiger partial charge on any atom is 0.270 e. The Balaban J connectivity index is 1.56. The van der Waals surface area contributed by atoms with Gasteiger partial charge < -0.3 is 14.0 Å². The van der Waals surface area contributed by atoms with Gasteiger partial charge in [0.2, 0.25) is 21.7 Å². The number of non-ortho nitro benzene ring substituents is 1. The number of hydrogen-bond acceptors (Lipinski definition) is 9. The summed E-state index contributed by atoms with van der Waals surface area (Å²) in [7, 11) is -0.841. The second kappa shape index (κ2) is 9.16. The summed E-state index contributed by atoms with van der Waals surface area (Å²) in [6.07, 6.45) is 1.27. The molecule has 0 N–H and O–H groups in total. The number of nitro benzene ring substituents is 1. The van der Waals surface area contributed by atoms with Crippen LogP contribution in [0.15, 0.2) is 51.9 Å². The van der Waals surface area contributed by atoms with Crippen LogP contribution in [-0.4, -0.2) is 55.1 Å². The summed E-state index contributed by atoms with van der Waals surface area (Å²) < 4.78 is 43.5. The molecule has 4 rings (SSSR count). The zero-order valence-electron chi connectivity index (χ0n) is 18.0. The van der Waals surface area contributed by atoms with Gasteiger partial charge in [-0.15, -0.1) is 0 Å². The third-order valence-electron chi connectivity index (χ3n) is 5.48. The largest absolute Gasteiger partial charge is 0.493 e. The molecule has 1 aliphatic rings.